The fraction of sp³-hybridized carbons (Fsp3) is 0.0476. The smallest absolute Gasteiger partial charge is 0.0457 e. The molecule has 1 aliphatic carbocycles. The molecule has 0 fully saturated rings. The lowest BCUT2D eigenvalue weighted by molar-refractivity contribution is 1.03. The van der Waals surface area contributed by atoms with Gasteiger partial charge in [0.2, 0.25) is 0 Å². The molecule has 0 aliphatic heterocycles. The molecule has 1 N–H and O–H groups in total. The Labute approximate surface area is 129 Å². The van der Waals surface area contributed by atoms with Crippen LogP contribution in [0.2, 0.25) is 0 Å². The summed E-state index contributed by atoms with van der Waals surface area (Å²) in [5.41, 5.74) is 8.14. The van der Waals surface area contributed by atoms with Crippen molar-refractivity contribution >= 4 is 10.9 Å². The van der Waals surface area contributed by atoms with Gasteiger partial charge in [-0.05, 0) is 33.9 Å². The number of hydrogen-bond donors (Lipinski definition) is 1. The highest BCUT2D eigenvalue weighted by atomic mass is 14.7. The number of H-pyrrole nitrogens is 1. The molecule has 104 valence electrons. The first-order chi connectivity index (χ1) is 10.9. The molecule has 0 atom stereocenters. The van der Waals surface area contributed by atoms with Crippen LogP contribution < -0.4 is 0 Å². The number of aromatic amines is 1. The molecular weight excluding hydrogens is 266 g/mol. The van der Waals surface area contributed by atoms with Crippen LogP contribution in [0.1, 0.15) is 22.6 Å². The third-order valence-electron chi connectivity index (χ3n) is 4.77. The Kier molecular flexibility index (Phi) is 2.33. The van der Waals surface area contributed by atoms with Crippen LogP contribution in [0.15, 0.2) is 79.0 Å². The SMILES string of the molecule is c1ccc2c(c1)-c1ccccc1C2c1c[nH]c2ccccc12. The second-order valence-electron chi connectivity index (χ2n) is 5.90. The Morgan fingerprint density at radius 3 is 1.91 bits per heavy atom. The molecule has 1 heterocycles. The van der Waals surface area contributed by atoms with E-state index in [0.717, 1.165) is 0 Å². The molecule has 4 aromatic rings. The van der Waals surface area contributed by atoms with E-state index in [0.29, 0.717) is 5.92 Å². The summed E-state index contributed by atoms with van der Waals surface area (Å²) in [6, 6.07) is 26.1. The summed E-state index contributed by atoms with van der Waals surface area (Å²) in [6.45, 7) is 0. The Balaban J connectivity index is 1.85. The van der Waals surface area contributed by atoms with Crippen molar-refractivity contribution in [2.45, 2.75) is 5.92 Å². The highest BCUT2D eigenvalue weighted by Gasteiger charge is 2.30. The molecule has 0 spiro atoms. The van der Waals surface area contributed by atoms with Gasteiger partial charge in [-0.15, -0.1) is 0 Å². The van der Waals surface area contributed by atoms with Gasteiger partial charge in [0.25, 0.3) is 0 Å². The fourth-order valence-corrected chi connectivity index (χ4v) is 3.82. The lowest BCUT2D eigenvalue weighted by Crippen LogP contribution is -1.97. The summed E-state index contributed by atoms with van der Waals surface area (Å²) in [4.78, 5) is 3.43. The zero-order valence-electron chi connectivity index (χ0n) is 12.1. The monoisotopic (exact) mass is 281 g/mol. The van der Waals surface area contributed by atoms with Crippen LogP contribution in [-0.4, -0.2) is 4.98 Å². The molecule has 1 heteroatoms. The minimum absolute atomic E-state index is 0.323. The van der Waals surface area contributed by atoms with Gasteiger partial charge in [-0.25, -0.2) is 0 Å². The van der Waals surface area contributed by atoms with E-state index < -0.39 is 0 Å². The molecule has 1 aromatic heterocycles. The van der Waals surface area contributed by atoms with E-state index in [1.54, 1.807) is 0 Å². The van der Waals surface area contributed by atoms with Crippen LogP contribution in [0.5, 0.6) is 0 Å². The maximum absolute atomic E-state index is 3.43. The quantitative estimate of drug-likeness (QED) is 0.427. The van der Waals surface area contributed by atoms with Crippen molar-refractivity contribution in [2.24, 2.45) is 0 Å². The highest BCUT2D eigenvalue weighted by Crippen LogP contribution is 2.48. The molecule has 0 amide bonds. The molecule has 22 heavy (non-hydrogen) atoms. The minimum atomic E-state index is 0.323. The van der Waals surface area contributed by atoms with Gasteiger partial charge in [-0.1, -0.05) is 66.7 Å². The number of fused-ring (bicyclic) bond motifs is 4. The van der Waals surface area contributed by atoms with Crippen LogP contribution in [0, 0.1) is 0 Å². The maximum atomic E-state index is 3.43. The van der Waals surface area contributed by atoms with Crippen LogP contribution in [0.3, 0.4) is 0 Å². The van der Waals surface area contributed by atoms with Gasteiger partial charge < -0.3 is 4.98 Å². The molecule has 1 nitrogen and oxygen atoms in total. The van der Waals surface area contributed by atoms with Crippen LogP contribution >= 0.6 is 0 Å². The van der Waals surface area contributed by atoms with Gasteiger partial charge in [0.1, 0.15) is 0 Å². The van der Waals surface area contributed by atoms with E-state index in [1.807, 2.05) is 0 Å². The highest BCUT2D eigenvalue weighted by molar-refractivity contribution is 5.88. The van der Waals surface area contributed by atoms with Crippen molar-refractivity contribution in [1.82, 2.24) is 4.98 Å². The number of nitrogens with one attached hydrogen (secondary N) is 1. The lowest BCUT2D eigenvalue weighted by atomic mass is 9.89. The van der Waals surface area contributed by atoms with Crippen molar-refractivity contribution < 1.29 is 0 Å². The normalized spacial score (nSPS) is 13.3. The zero-order chi connectivity index (χ0) is 14.5. The molecule has 3 aromatic carbocycles. The number of aromatic nitrogens is 1. The second kappa shape index (κ2) is 4.35. The first kappa shape index (κ1) is 11.8. The predicted molar refractivity (Wildman–Crippen MR) is 91.1 cm³/mol. The third kappa shape index (κ3) is 1.48. The molecule has 0 saturated heterocycles. The first-order valence-corrected chi connectivity index (χ1v) is 7.68. The third-order valence-corrected chi connectivity index (χ3v) is 4.77. The van der Waals surface area contributed by atoms with E-state index in [1.165, 1.54) is 38.7 Å². The fourth-order valence-electron chi connectivity index (χ4n) is 3.82. The first-order valence-electron chi connectivity index (χ1n) is 7.68. The molecule has 5 rings (SSSR count). The minimum Gasteiger partial charge on any atom is -0.361 e. The van der Waals surface area contributed by atoms with Crippen molar-refractivity contribution in [3.63, 3.8) is 0 Å². The van der Waals surface area contributed by atoms with Crippen molar-refractivity contribution in [2.75, 3.05) is 0 Å². The van der Waals surface area contributed by atoms with Gasteiger partial charge >= 0.3 is 0 Å². The summed E-state index contributed by atoms with van der Waals surface area (Å²) in [7, 11) is 0. The topological polar surface area (TPSA) is 15.8 Å². The summed E-state index contributed by atoms with van der Waals surface area (Å²) in [5, 5.41) is 1.32. The van der Waals surface area contributed by atoms with Crippen LogP contribution in [-0.2, 0) is 0 Å². The van der Waals surface area contributed by atoms with Crippen LogP contribution in [0.4, 0.5) is 0 Å². The summed E-state index contributed by atoms with van der Waals surface area (Å²) >= 11 is 0. The van der Waals surface area contributed by atoms with Crippen molar-refractivity contribution in [3.05, 3.63) is 95.7 Å². The van der Waals surface area contributed by atoms with E-state index in [-0.39, 0.29) is 0 Å². The molecule has 0 saturated carbocycles. The van der Waals surface area contributed by atoms with Gasteiger partial charge in [0, 0.05) is 23.0 Å². The Morgan fingerprint density at radius 2 is 1.18 bits per heavy atom. The van der Waals surface area contributed by atoms with Gasteiger partial charge in [-0.2, -0.15) is 0 Å². The van der Waals surface area contributed by atoms with E-state index in [2.05, 4.69) is 84.0 Å². The molecule has 0 unspecified atom stereocenters. The predicted octanol–water partition coefficient (Wildman–Crippen LogP) is 5.33. The Bertz CT molecular complexity index is 948. The number of rotatable bonds is 1. The average molecular weight is 281 g/mol. The van der Waals surface area contributed by atoms with E-state index in [9.17, 15) is 0 Å². The Hall–Kier alpha value is -2.80. The summed E-state index contributed by atoms with van der Waals surface area (Å²) < 4.78 is 0. The van der Waals surface area contributed by atoms with Gasteiger partial charge in [0.05, 0.1) is 0 Å². The van der Waals surface area contributed by atoms with Crippen molar-refractivity contribution in [1.29, 1.82) is 0 Å². The van der Waals surface area contributed by atoms with Gasteiger partial charge in [0.15, 0.2) is 0 Å². The van der Waals surface area contributed by atoms with E-state index >= 15 is 0 Å². The molecular formula is C21H15N. The Morgan fingerprint density at radius 1 is 0.591 bits per heavy atom. The number of hydrogen-bond acceptors (Lipinski definition) is 0. The van der Waals surface area contributed by atoms with E-state index in [4.69, 9.17) is 0 Å². The summed E-state index contributed by atoms with van der Waals surface area (Å²) in [5.74, 6) is 0.323. The lowest BCUT2D eigenvalue weighted by Gasteiger charge is -2.13. The van der Waals surface area contributed by atoms with Crippen molar-refractivity contribution in [3.8, 4) is 11.1 Å². The molecule has 0 radical (unpaired) electrons. The zero-order valence-corrected chi connectivity index (χ0v) is 12.1. The second-order valence-corrected chi connectivity index (χ2v) is 5.90. The number of para-hydroxylation sites is 1. The number of benzene rings is 3. The van der Waals surface area contributed by atoms with Gasteiger partial charge in [-0.3, -0.25) is 0 Å². The summed E-state index contributed by atoms with van der Waals surface area (Å²) in [6.07, 6.45) is 2.17. The standard InChI is InChI=1S/C21H15N/c1-3-10-17-14(7-1)15-8-2-4-11-18(15)21(17)19-13-22-20-12-6-5-9-16(19)20/h1-13,21-22H. The largest absolute Gasteiger partial charge is 0.361 e. The molecule has 1 aliphatic rings. The molecule has 0 bridgehead atoms. The van der Waals surface area contributed by atoms with Crippen LogP contribution in [0.25, 0.3) is 22.0 Å². The maximum Gasteiger partial charge on any atom is 0.0457 e. The average Bonchev–Trinajstić information content (AvgIpc) is 3.14.